The molecule has 0 aliphatic carbocycles. The summed E-state index contributed by atoms with van der Waals surface area (Å²) in [4.78, 5) is 16.4. The van der Waals surface area contributed by atoms with Gasteiger partial charge in [-0.05, 0) is 55.3 Å². The van der Waals surface area contributed by atoms with E-state index in [9.17, 15) is 4.79 Å². The monoisotopic (exact) mass is 338 g/mol. The van der Waals surface area contributed by atoms with Gasteiger partial charge in [0.25, 0.3) is 5.91 Å². The van der Waals surface area contributed by atoms with Gasteiger partial charge >= 0.3 is 0 Å². The largest absolute Gasteiger partial charge is 0.360 e. The molecule has 1 saturated heterocycles. The summed E-state index contributed by atoms with van der Waals surface area (Å²) in [5.41, 5.74) is 4.01. The Kier molecular flexibility index (Phi) is 5.71. The molecule has 1 fully saturated rings. The van der Waals surface area contributed by atoms with Crippen molar-refractivity contribution in [3.05, 3.63) is 59.7 Å². The van der Waals surface area contributed by atoms with Crippen LogP contribution in [0.3, 0.4) is 0 Å². The van der Waals surface area contributed by atoms with Crippen molar-refractivity contribution in [1.82, 2.24) is 0 Å². The molecule has 1 aliphatic heterocycles. The molecule has 4 nitrogen and oxygen atoms in total. The summed E-state index contributed by atoms with van der Waals surface area (Å²) < 4.78 is 0. The van der Waals surface area contributed by atoms with E-state index in [0.717, 1.165) is 25.2 Å². The molecule has 0 saturated carbocycles. The Hall–Kier alpha value is -2.33. The molecule has 0 unspecified atom stereocenters. The molecule has 0 radical (unpaired) electrons. The number of anilines is 2. The Balaban J connectivity index is 1.59. The first kappa shape index (κ1) is 17.5. The molecule has 2 aromatic carbocycles. The lowest BCUT2D eigenvalue weighted by atomic mass is 10.1. The number of rotatable bonds is 5. The van der Waals surface area contributed by atoms with Crippen LogP contribution in [0.4, 0.5) is 11.4 Å². The minimum absolute atomic E-state index is 0.0597. The van der Waals surface area contributed by atoms with E-state index in [0.29, 0.717) is 5.56 Å². The van der Waals surface area contributed by atoms with Crippen LogP contribution in [0.1, 0.15) is 29.8 Å². The number of nitrogens with one attached hydrogen (secondary N) is 2. The predicted molar refractivity (Wildman–Crippen MR) is 104 cm³/mol. The molecular formula is C21H28N3O+. The van der Waals surface area contributed by atoms with E-state index in [4.69, 9.17) is 0 Å². The number of hydrogen-bond acceptors (Lipinski definition) is 2. The molecule has 0 spiro atoms. The molecule has 3 rings (SSSR count). The number of carbonyl (C=O) groups excluding carboxylic acids is 1. The van der Waals surface area contributed by atoms with Crippen LogP contribution in [0.5, 0.6) is 0 Å². The number of hydrogen-bond donors (Lipinski definition) is 2. The Bertz CT molecular complexity index is 686. The van der Waals surface area contributed by atoms with Crippen molar-refractivity contribution in [2.75, 3.05) is 42.9 Å². The first-order valence-corrected chi connectivity index (χ1v) is 9.28. The van der Waals surface area contributed by atoms with Crippen molar-refractivity contribution in [2.24, 2.45) is 0 Å². The second kappa shape index (κ2) is 8.17. The van der Waals surface area contributed by atoms with Crippen LogP contribution in [-0.4, -0.2) is 38.6 Å². The number of benzene rings is 2. The minimum atomic E-state index is -0.0597. The van der Waals surface area contributed by atoms with E-state index >= 15 is 0 Å². The van der Waals surface area contributed by atoms with E-state index in [2.05, 4.69) is 36.2 Å². The van der Waals surface area contributed by atoms with Crippen LogP contribution in [0.15, 0.2) is 48.5 Å². The third kappa shape index (κ3) is 4.40. The lowest BCUT2D eigenvalue weighted by molar-refractivity contribution is -0.898. The summed E-state index contributed by atoms with van der Waals surface area (Å²) in [5, 5.41) is 2.98. The molecule has 0 bridgehead atoms. The third-order valence-electron chi connectivity index (χ3n) is 5.09. The topological polar surface area (TPSA) is 36.8 Å². The normalized spacial score (nSPS) is 15.2. The third-order valence-corrected chi connectivity index (χ3v) is 5.09. The Labute approximate surface area is 150 Å². The van der Waals surface area contributed by atoms with Crippen LogP contribution in [-0.2, 0) is 6.42 Å². The average molecular weight is 338 g/mol. The standard InChI is InChI=1S/C21H27N3O/c1-3-17-5-7-18(8-6-17)21(25)22-19-9-11-20(12-10-19)24-15-13-23(4-2)14-16-24/h5-12H,3-4,13-16H2,1-2H3,(H,22,25)/p+1. The number of likely N-dealkylation sites (N-methyl/N-ethyl adjacent to an activating group) is 1. The molecule has 1 aliphatic rings. The molecule has 1 heterocycles. The van der Waals surface area contributed by atoms with Crippen molar-refractivity contribution in [3.63, 3.8) is 0 Å². The van der Waals surface area contributed by atoms with Gasteiger partial charge in [0.1, 0.15) is 0 Å². The number of amides is 1. The van der Waals surface area contributed by atoms with Crippen molar-refractivity contribution >= 4 is 17.3 Å². The van der Waals surface area contributed by atoms with Crippen LogP contribution < -0.4 is 15.1 Å². The Morgan fingerprint density at radius 3 is 2.20 bits per heavy atom. The van der Waals surface area contributed by atoms with Crippen LogP contribution >= 0.6 is 0 Å². The first-order valence-electron chi connectivity index (χ1n) is 9.28. The Morgan fingerprint density at radius 2 is 1.64 bits per heavy atom. The molecule has 25 heavy (non-hydrogen) atoms. The number of carbonyl (C=O) groups is 1. The summed E-state index contributed by atoms with van der Waals surface area (Å²) in [7, 11) is 0. The van der Waals surface area contributed by atoms with Crippen molar-refractivity contribution in [2.45, 2.75) is 20.3 Å². The highest BCUT2D eigenvalue weighted by atomic mass is 16.1. The summed E-state index contributed by atoms with van der Waals surface area (Å²) >= 11 is 0. The van der Waals surface area contributed by atoms with E-state index in [1.165, 1.54) is 30.9 Å². The van der Waals surface area contributed by atoms with Gasteiger partial charge in [-0.1, -0.05) is 19.1 Å². The minimum Gasteiger partial charge on any atom is -0.360 e. The van der Waals surface area contributed by atoms with Gasteiger partial charge in [0, 0.05) is 16.9 Å². The van der Waals surface area contributed by atoms with Crippen LogP contribution in [0.2, 0.25) is 0 Å². The van der Waals surface area contributed by atoms with Gasteiger partial charge in [-0.3, -0.25) is 4.79 Å². The van der Waals surface area contributed by atoms with E-state index < -0.39 is 0 Å². The first-order chi connectivity index (χ1) is 12.2. The highest BCUT2D eigenvalue weighted by Gasteiger charge is 2.18. The molecule has 4 heteroatoms. The summed E-state index contributed by atoms with van der Waals surface area (Å²) in [6.07, 6.45) is 0.984. The van der Waals surface area contributed by atoms with Gasteiger partial charge in [-0.25, -0.2) is 0 Å². The van der Waals surface area contributed by atoms with Gasteiger partial charge in [0.2, 0.25) is 0 Å². The predicted octanol–water partition coefficient (Wildman–Crippen LogP) is 2.23. The zero-order chi connectivity index (χ0) is 17.6. The molecule has 0 aromatic heterocycles. The summed E-state index contributed by atoms with van der Waals surface area (Å²) in [6.45, 7) is 10.2. The SMILES string of the molecule is CCc1ccc(C(=O)Nc2ccc(N3CC[NH+](CC)CC3)cc2)cc1. The zero-order valence-electron chi connectivity index (χ0n) is 15.2. The van der Waals surface area contributed by atoms with E-state index in [-0.39, 0.29) is 5.91 Å². The number of nitrogens with zero attached hydrogens (tertiary/aromatic N) is 1. The lowest BCUT2D eigenvalue weighted by Crippen LogP contribution is -3.14. The summed E-state index contributed by atoms with van der Waals surface area (Å²) in [5.74, 6) is -0.0597. The highest BCUT2D eigenvalue weighted by Crippen LogP contribution is 2.18. The van der Waals surface area contributed by atoms with Gasteiger partial charge < -0.3 is 15.1 Å². The van der Waals surface area contributed by atoms with Crippen molar-refractivity contribution in [3.8, 4) is 0 Å². The summed E-state index contributed by atoms with van der Waals surface area (Å²) in [6, 6.07) is 16.0. The number of piperazine rings is 1. The maximum Gasteiger partial charge on any atom is 0.255 e. The van der Waals surface area contributed by atoms with E-state index in [1.807, 2.05) is 36.4 Å². The van der Waals surface area contributed by atoms with E-state index in [1.54, 1.807) is 4.90 Å². The van der Waals surface area contributed by atoms with Crippen molar-refractivity contribution < 1.29 is 9.69 Å². The quantitative estimate of drug-likeness (QED) is 0.877. The lowest BCUT2D eigenvalue weighted by Gasteiger charge is -2.33. The molecular weight excluding hydrogens is 310 g/mol. The second-order valence-corrected chi connectivity index (χ2v) is 6.64. The Morgan fingerprint density at radius 1 is 1.00 bits per heavy atom. The average Bonchev–Trinajstić information content (AvgIpc) is 2.68. The second-order valence-electron chi connectivity index (χ2n) is 6.64. The van der Waals surface area contributed by atoms with Gasteiger partial charge in [0.05, 0.1) is 32.7 Å². The molecule has 1 amide bonds. The maximum atomic E-state index is 12.3. The van der Waals surface area contributed by atoms with Crippen molar-refractivity contribution in [1.29, 1.82) is 0 Å². The van der Waals surface area contributed by atoms with Gasteiger partial charge in [0.15, 0.2) is 0 Å². The fourth-order valence-electron chi connectivity index (χ4n) is 3.29. The highest BCUT2D eigenvalue weighted by molar-refractivity contribution is 6.04. The smallest absolute Gasteiger partial charge is 0.255 e. The fraction of sp³-hybridized carbons (Fsp3) is 0.381. The van der Waals surface area contributed by atoms with Gasteiger partial charge in [-0.2, -0.15) is 0 Å². The molecule has 2 aromatic rings. The molecule has 2 N–H and O–H groups in total. The number of quaternary nitrogens is 1. The molecule has 0 atom stereocenters. The maximum absolute atomic E-state index is 12.3. The van der Waals surface area contributed by atoms with Gasteiger partial charge in [-0.15, -0.1) is 0 Å². The van der Waals surface area contributed by atoms with Crippen LogP contribution in [0.25, 0.3) is 0 Å². The van der Waals surface area contributed by atoms with Crippen LogP contribution in [0, 0.1) is 0 Å². The fourth-order valence-corrected chi connectivity index (χ4v) is 3.29. The molecule has 132 valence electrons. The zero-order valence-corrected chi connectivity index (χ0v) is 15.2. The number of aryl methyl sites for hydroxylation is 1.